The van der Waals surface area contributed by atoms with Crippen LogP contribution in [0.5, 0.6) is 0 Å². The number of H-pyrrole nitrogens is 1. The lowest BCUT2D eigenvalue weighted by Crippen LogP contribution is -2.41. The third-order valence-electron chi connectivity index (χ3n) is 4.07. The first kappa shape index (κ1) is 20.5. The van der Waals surface area contributed by atoms with Gasteiger partial charge in [0.15, 0.2) is 5.96 Å². The number of hydrogen-bond donors (Lipinski definition) is 4. The molecule has 1 saturated carbocycles. The zero-order chi connectivity index (χ0) is 17.5. The minimum Gasteiger partial charge on any atom is -0.357 e. The van der Waals surface area contributed by atoms with Gasteiger partial charge in [-0.2, -0.15) is 0 Å². The van der Waals surface area contributed by atoms with Gasteiger partial charge in [-0.3, -0.25) is 9.79 Å². The molecule has 3 rings (SSSR count). The summed E-state index contributed by atoms with van der Waals surface area (Å²) in [6, 6.07) is 8.01. The molecule has 1 aliphatic rings. The van der Waals surface area contributed by atoms with Crippen LogP contribution in [-0.4, -0.2) is 48.0 Å². The highest BCUT2D eigenvalue weighted by Gasteiger charge is 2.28. The van der Waals surface area contributed by atoms with Gasteiger partial charge in [-0.05, 0) is 31.9 Å². The quantitative estimate of drug-likeness (QED) is 0.205. The van der Waals surface area contributed by atoms with E-state index in [1.54, 1.807) is 0 Å². The van der Waals surface area contributed by atoms with Crippen LogP contribution in [0.15, 0.2) is 29.3 Å². The average molecular weight is 470 g/mol. The normalized spacial score (nSPS) is 14.0. The Bertz CT molecular complexity index is 707. The van der Waals surface area contributed by atoms with E-state index in [-0.39, 0.29) is 35.8 Å². The standard InChI is InChI=1S/C18H26N6O.HI/c1-2-19-18(22-12-11-20-17(25)13-7-8-13)21-10-9-16-23-14-5-3-4-6-15(14)24-16;/h3-6,13H,2,7-12H2,1H3,(H,20,25)(H,23,24)(H2,19,21,22);1H. The molecule has 0 saturated heterocycles. The Morgan fingerprint density at radius 2 is 2.00 bits per heavy atom. The average Bonchev–Trinajstić information content (AvgIpc) is 3.38. The summed E-state index contributed by atoms with van der Waals surface area (Å²) in [7, 11) is 0. The van der Waals surface area contributed by atoms with E-state index in [9.17, 15) is 4.79 Å². The van der Waals surface area contributed by atoms with E-state index in [0.717, 1.165) is 48.6 Å². The number of rotatable bonds is 8. The molecule has 0 radical (unpaired) electrons. The highest BCUT2D eigenvalue weighted by molar-refractivity contribution is 14.0. The maximum atomic E-state index is 11.6. The molecule has 7 nitrogen and oxygen atoms in total. The summed E-state index contributed by atoms with van der Waals surface area (Å²) in [6.07, 6.45) is 2.82. The second-order valence-electron chi connectivity index (χ2n) is 6.20. The summed E-state index contributed by atoms with van der Waals surface area (Å²) < 4.78 is 0. The van der Waals surface area contributed by atoms with Crippen LogP contribution in [0.4, 0.5) is 0 Å². The fourth-order valence-corrected chi connectivity index (χ4v) is 2.60. The molecule has 0 unspecified atom stereocenters. The van der Waals surface area contributed by atoms with Crippen molar-refractivity contribution in [1.82, 2.24) is 25.9 Å². The summed E-state index contributed by atoms with van der Waals surface area (Å²) in [5.41, 5.74) is 2.04. The molecule has 4 N–H and O–H groups in total. The van der Waals surface area contributed by atoms with Gasteiger partial charge < -0.3 is 20.9 Å². The van der Waals surface area contributed by atoms with Crippen molar-refractivity contribution in [1.29, 1.82) is 0 Å². The lowest BCUT2D eigenvalue weighted by atomic mass is 10.3. The van der Waals surface area contributed by atoms with Crippen molar-refractivity contribution in [3.05, 3.63) is 30.1 Å². The van der Waals surface area contributed by atoms with Gasteiger partial charge in [0.1, 0.15) is 5.82 Å². The Kier molecular flexibility index (Phi) is 8.14. The van der Waals surface area contributed by atoms with Crippen molar-refractivity contribution in [3.8, 4) is 0 Å². The molecule has 1 aliphatic carbocycles. The van der Waals surface area contributed by atoms with E-state index in [1.165, 1.54) is 0 Å². The second kappa shape index (κ2) is 10.3. The van der Waals surface area contributed by atoms with E-state index >= 15 is 0 Å². The van der Waals surface area contributed by atoms with Crippen LogP contribution in [-0.2, 0) is 11.2 Å². The van der Waals surface area contributed by atoms with Gasteiger partial charge in [-0.25, -0.2) is 4.98 Å². The monoisotopic (exact) mass is 470 g/mol. The number of nitrogens with zero attached hydrogens (tertiary/aromatic N) is 2. The van der Waals surface area contributed by atoms with Crippen molar-refractivity contribution in [2.45, 2.75) is 26.2 Å². The predicted octanol–water partition coefficient (Wildman–Crippen LogP) is 1.80. The number of amides is 1. The van der Waals surface area contributed by atoms with Gasteiger partial charge in [0.25, 0.3) is 0 Å². The molecule has 0 bridgehead atoms. The lowest BCUT2D eigenvalue weighted by molar-refractivity contribution is -0.122. The first-order chi connectivity index (χ1) is 12.3. The van der Waals surface area contributed by atoms with Gasteiger partial charge in [0.2, 0.25) is 5.91 Å². The number of aromatic amines is 1. The molecular weight excluding hydrogens is 443 g/mol. The fraction of sp³-hybridized carbons (Fsp3) is 0.500. The van der Waals surface area contributed by atoms with Crippen molar-refractivity contribution in [2.24, 2.45) is 10.9 Å². The Hall–Kier alpha value is -1.84. The number of carbonyl (C=O) groups is 1. The number of halogens is 1. The van der Waals surface area contributed by atoms with Gasteiger partial charge >= 0.3 is 0 Å². The van der Waals surface area contributed by atoms with Gasteiger partial charge in [-0.1, -0.05) is 12.1 Å². The zero-order valence-corrected chi connectivity index (χ0v) is 17.4. The van der Waals surface area contributed by atoms with E-state index in [4.69, 9.17) is 0 Å². The van der Waals surface area contributed by atoms with Crippen LogP contribution in [0.2, 0.25) is 0 Å². The SMILES string of the molecule is CCNC(=NCCc1nc2ccccc2[nH]1)NCCNC(=O)C1CC1.I. The van der Waals surface area contributed by atoms with Crippen LogP contribution < -0.4 is 16.0 Å². The van der Waals surface area contributed by atoms with E-state index < -0.39 is 0 Å². The maximum Gasteiger partial charge on any atom is 0.223 e. The number of fused-ring (bicyclic) bond motifs is 1. The topological polar surface area (TPSA) is 94.2 Å². The predicted molar refractivity (Wildman–Crippen MR) is 115 cm³/mol. The fourth-order valence-electron chi connectivity index (χ4n) is 2.60. The molecule has 0 aliphatic heterocycles. The summed E-state index contributed by atoms with van der Waals surface area (Å²) in [5.74, 6) is 2.14. The third-order valence-corrected chi connectivity index (χ3v) is 4.07. The van der Waals surface area contributed by atoms with Crippen LogP contribution >= 0.6 is 24.0 Å². The molecule has 1 aromatic carbocycles. The number of guanidine groups is 1. The minimum atomic E-state index is 0. The van der Waals surface area contributed by atoms with Crippen molar-refractivity contribution < 1.29 is 4.79 Å². The molecule has 26 heavy (non-hydrogen) atoms. The summed E-state index contributed by atoms with van der Waals surface area (Å²) in [4.78, 5) is 24.0. The first-order valence-corrected chi connectivity index (χ1v) is 9.00. The van der Waals surface area contributed by atoms with E-state index in [1.807, 2.05) is 31.2 Å². The molecule has 1 heterocycles. The second-order valence-corrected chi connectivity index (χ2v) is 6.20. The summed E-state index contributed by atoms with van der Waals surface area (Å²) in [5, 5.41) is 9.40. The van der Waals surface area contributed by atoms with Gasteiger partial charge in [-0.15, -0.1) is 24.0 Å². The molecule has 1 fully saturated rings. The first-order valence-electron chi connectivity index (χ1n) is 9.00. The number of imidazole rings is 1. The number of aromatic nitrogens is 2. The molecule has 142 valence electrons. The van der Waals surface area contributed by atoms with Gasteiger partial charge in [0.05, 0.1) is 11.0 Å². The Balaban J connectivity index is 0.00000243. The van der Waals surface area contributed by atoms with E-state index in [0.29, 0.717) is 19.6 Å². The Morgan fingerprint density at radius 1 is 1.23 bits per heavy atom. The molecule has 1 aromatic heterocycles. The van der Waals surface area contributed by atoms with E-state index in [2.05, 4.69) is 30.9 Å². The van der Waals surface area contributed by atoms with Crippen molar-refractivity contribution in [3.63, 3.8) is 0 Å². The highest BCUT2D eigenvalue weighted by atomic mass is 127. The zero-order valence-electron chi connectivity index (χ0n) is 15.0. The lowest BCUT2D eigenvalue weighted by Gasteiger charge is -2.11. The Labute approximate surface area is 170 Å². The molecular formula is C18H27IN6O. The molecule has 0 spiro atoms. The van der Waals surface area contributed by atoms with Crippen molar-refractivity contribution in [2.75, 3.05) is 26.2 Å². The number of carbonyl (C=O) groups excluding carboxylic acids is 1. The van der Waals surface area contributed by atoms with Crippen LogP contribution in [0, 0.1) is 5.92 Å². The van der Waals surface area contributed by atoms with Crippen LogP contribution in [0.1, 0.15) is 25.6 Å². The third kappa shape index (κ3) is 6.15. The molecule has 2 aromatic rings. The molecule has 1 amide bonds. The van der Waals surface area contributed by atoms with Crippen LogP contribution in [0.3, 0.4) is 0 Å². The number of benzene rings is 1. The van der Waals surface area contributed by atoms with Crippen LogP contribution in [0.25, 0.3) is 11.0 Å². The maximum absolute atomic E-state index is 11.6. The largest absolute Gasteiger partial charge is 0.357 e. The molecule has 8 heteroatoms. The smallest absolute Gasteiger partial charge is 0.223 e. The highest BCUT2D eigenvalue weighted by Crippen LogP contribution is 2.28. The molecule has 0 atom stereocenters. The minimum absolute atomic E-state index is 0. The number of para-hydroxylation sites is 2. The Morgan fingerprint density at radius 3 is 2.73 bits per heavy atom. The summed E-state index contributed by atoms with van der Waals surface area (Å²) >= 11 is 0. The summed E-state index contributed by atoms with van der Waals surface area (Å²) in [6.45, 7) is 4.75. The number of hydrogen-bond acceptors (Lipinski definition) is 3. The van der Waals surface area contributed by atoms with Gasteiger partial charge in [0, 0.05) is 38.5 Å². The van der Waals surface area contributed by atoms with Crippen molar-refractivity contribution >= 4 is 46.9 Å². The number of aliphatic imine (C=N–C) groups is 1. The number of nitrogens with one attached hydrogen (secondary N) is 4.